The summed E-state index contributed by atoms with van der Waals surface area (Å²) in [6.45, 7) is 2.47. The molecule has 2 aromatic carbocycles. The van der Waals surface area contributed by atoms with E-state index in [9.17, 15) is 9.59 Å². The molecular formula is C19H17NO4S. The van der Waals surface area contributed by atoms with Crippen molar-refractivity contribution in [3.05, 3.63) is 64.1 Å². The van der Waals surface area contributed by atoms with Gasteiger partial charge in [0.15, 0.2) is 11.5 Å². The summed E-state index contributed by atoms with van der Waals surface area (Å²) in [6, 6.07) is 13.5. The lowest BCUT2D eigenvalue weighted by atomic mass is 10.1. The highest BCUT2D eigenvalue weighted by Gasteiger charge is 2.25. The molecule has 128 valence electrons. The van der Waals surface area contributed by atoms with E-state index in [0.29, 0.717) is 23.0 Å². The molecule has 6 heteroatoms. The minimum atomic E-state index is -0.381. The number of ether oxygens (including phenoxy) is 2. The highest BCUT2D eigenvalue weighted by atomic mass is 32.2. The van der Waals surface area contributed by atoms with Gasteiger partial charge in [-0.1, -0.05) is 35.9 Å². The molecule has 1 N–H and O–H groups in total. The van der Waals surface area contributed by atoms with Gasteiger partial charge in [0.1, 0.15) is 6.61 Å². The van der Waals surface area contributed by atoms with Crippen LogP contribution in [0.15, 0.2) is 47.4 Å². The standard InChI is InChI=1S/C19H17NO4S/c1-12-4-3-5-14(8-12)11-24-15-7-6-13(9-16(15)23-2)10-17-18(21)20-19(22)25-17/h3-10H,11H2,1-2H3,(H,20,21,22)/b17-10+. The second-order valence-corrected chi connectivity index (χ2v) is 6.55. The monoisotopic (exact) mass is 355 g/mol. The van der Waals surface area contributed by atoms with E-state index >= 15 is 0 Å². The van der Waals surface area contributed by atoms with Crippen LogP contribution in [0.2, 0.25) is 0 Å². The van der Waals surface area contributed by atoms with Crippen molar-refractivity contribution in [2.24, 2.45) is 0 Å². The Morgan fingerprint density at radius 2 is 1.96 bits per heavy atom. The molecule has 2 aromatic rings. The normalized spacial score (nSPS) is 15.4. The first kappa shape index (κ1) is 17.1. The Morgan fingerprint density at radius 1 is 1.12 bits per heavy atom. The average molecular weight is 355 g/mol. The Bertz CT molecular complexity index is 860. The number of carbonyl (C=O) groups is 2. The number of imide groups is 1. The average Bonchev–Trinajstić information content (AvgIpc) is 2.91. The number of amides is 2. The molecule has 1 fully saturated rings. The number of hydrogen-bond acceptors (Lipinski definition) is 5. The van der Waals surface area contributed by atoms with Crippen LogP contribution >= 0.6 is 11.8 Å². The van der Waals surface area contributed by atoms with E-state index in [2.05, 4.69) is 11.4 Å². The lowest BCUT2D eigenvalue weighted by molar-refractivity contribution is -0.115. The van der Waals surface area contributed by atoms with Gasteiger partial charge in [0.05, 0.1) is 12.0 Å². The van der Waals surface area contributed by atoms with Crippen molar-refractivity contribution < 1.29 is 19.1 Å². The van der Waals surface area contributed by atoms with Crippen molar-refractivity contribution in [3.8, 4) is 11.5 Å². The van der Waals surface area contributed by atoms with Gasteiger partial charge in [0.25, 0.3) is 11.1 Å². The summed E-state index contributed by atoms with van der Waals surface area (Å²) in [5.41, 5.74) is 3.01. The largest absolute Gasteiger partial charge is 0.493 e. The first-order chi connectivity index (χ1) is 12.0. The summed E-state index contributed by atoms with van der Waals surface area (Å²) in [6.07, 6.45) is 1.65. The van der Waals surface area contributed by atoms with Gasteiger partial charge in [0.2, 0.25) is 0 Å². The van der Waals surface area contributed by atoms with Gasteiger partial charge in [-0.3, -0.25) is 14.9 Å². The van der Waals surface area contributed by atoms with Crippen LogP contribution in [0.1, 0.15) is 16.7 Å². The van der Waals surface area contributed by atoms with Gasteiger partial charge in [-0.15, -0.1) is 0 Å². The second kappa shape index (κ2) is 7.44. The highest BCUT2D eigenvalue weighted by molar-refractivity contribution is 8.18. The minimum absolute atomic E-state index is 0.360. The maximum atomic E-state index is 11.6. The number of carbonyl (C=O) groups excluding carboxylic acids is 2. The minimum Gasteiger partial charge on any atom is -0.493 e. The fourth-order valence-electron chi connectivity index (χ4n) is 2.43. The topological polar surface area (TPSA) is 64.6 Å². The maximum absolute atomic E-state index is 11.6. The number of hydrogen-bond donors (Lipinski definition) is 1. The third-order valence-corrected chi connectivity index (χ3v) is 4.41. The van der Waals surface area contributed by atoms with Gasteiger partial charge in [-0.25, -0.2) is 0 Å². The van der Waals surface area contributed by atoms with E-state index in [1.165, 1.54) is 5.56 Å². The predicted octanol–water partition coefficient (Wildman–Crippen LogP) is 3.91. The molecule has 5 nitrogen and oxygen atoms in total. The summed E-state index contributed by atoms with van der Waals surface area (Å²) in [5, 5.41) is 1.87. The molecule has 0 spiro atoms. The van der Waals surface area contributed by atoms with Crippen LogP contribution in [-0.4, -0.2) is 18.3 Å². The third kappa shape index (κ3) is 4.22. The number of benzene rings is 2. The van der Waals surface area contributed by atoms with E-state index in [0.717, 1.165) is 22.9 Å². The summed E-state index contributed by atoms with van der Waals surface area (Å²) < 4.78 is 11.2. The highest BCUT2D eigenvalue weighted by Crippen LogP contribution is 2.32. The van der Waals surface area contributed by atoms with Crippen LogP contribution in [0.4, 0.5) is 4.79 Å². The van der Waals surface area contributed by atoms with Crippen molar-refractivity contribution in [2.45, 2.75) is 13.5 Å². The van der Waals surface area contributed by atoms with E-state index in [-0.39, 0.29) is 11.1 Å². The van der Waals surface area contributed by atoms with Crippen LogP contribution < -0.4 is 14.8 Å². The lowest BCUT2D eigenvalue weighted by Crippen LogP contribution is -2.17. The van der Waals surface area contributed by atoms with Crippen molar-refractivity contribution in [1.82, 2.24) is 5.32 Å². The smallest absolute Gasteiger partial charge is 0.290 e. The number of aryl methyl sites for hydroxylation is 1. The Kier molecular flexibility index (Phi) is 5.09. The van der Waals surface area contributed by atoms with Crippen molar-refractivity contribution in [2.75, 3.05) is 7.11 Å². The molecule has 2 amide bonds. The first-order valence-corrected chi connectivity index (χ1v) is 8.48. The number of methoxy groups -OCH3 is 1. The molecule has 0 aliphatic carbocycles. The SMILES string of the molecule is COc1cc(/C=C2/SC(=O)NC2=O)ccc1OCc1cccc(C)c1. The molecule has 0 atom stereocenters. The Morgan fingerprint density at radius 3 is 2.64 bits per heavy atom. The van der Waals surface area contributed by atoms with Gasteiger partial charge in [-0.2, -0.15) is 0 Å². The number of rotatable bonds is 5. The van der Waals surface area contributed by atoms with Gasteiger partial charge in [-0.05, 0) is 48.0 Å². The van der Waals surface area contributed by atoms with Crippen LogP contribution in [0, 0.1) is 6.92 Å². The summed E-state index contributed by atoms with van der Waals surface area (Å²) >= 11 is 0.884. The molecule has 25 heavy (non-hydrogen) atoms. The van der Waals surface area contributed by atoms with E-state index in [1.54, 1.807) is 25.3 Å². The summed E-state index contributed by atoms with van der Waals surface area (Å²) in [4.78, 5) is 23.2. The quantitative estimate of drug-likeness (QED) is 0.824. The van der Waals surface area contributed by atoms with Crippen LogP contribution in [0.25, 0.3) is 6.08 Å². The molecule has 1 heterocycles. The van der Waals surface area contributed by atoms with Crippen LogP contribution in [0.5, 0.6) is 11.5 Å². The predicted molar refractivity (Wildman–Crippen MR) is 97.6 cm³/mol. The molecule has 0 radical (unpaired) electrons. The third-order valence-electron chi connectivity index (χ3n) is 3.60. The van der Waals surface area contributed by atoms with Gasteiger partial charge < -0.3 is 9.47 Å². The molecule has 1 aliphatic heterocycles. The molecule has 1 aliphatic rings. The number of nitrogens with one attached hydrogen (secondary N) is 1. The van der Waals surface area contributed by atoms with Crippen molar-refractivity contribution >= 4 is 29.0 Å². The zero-order valence-electron chi connectivity index (χ0n) is 13.9. The Hall–Kier alpha value is -2.73. The molecular weight excluding hydrogens is 338 g/mol. The summed E-state index contributed by atoms with van der Waals surface area (Å²) in [5.74, 6) is 0.802. The van der Waals surface area contributed by atoms with Crippen LogP contribution in [0.3, 0.4) is 0 Å². The fourth-order valence-corrected chi connectivity index (χ4v) is 3.11. The molecule has 0 bridgehead atoms. The summed E-state index contributed by atoms with van der Waals surface area (Å²) in [7, 11) is 1.56. The van der Waals surface area contributed by atoms with Gasteiger partial charge >= 0.3 is 0 Å². The Labute approximate surface area is 150 Å². The van der Waals surface area contributed by atoms with Crippen molar-refractivity contribution in [3.63, 3.8) is 0 Å². The second-order valence-electron chi connectivity index (χ2n) is 5.54. The van der Waals surface area contributed by atoms with Gasteiger partial charge in [0, 0.05) is 0 Å². The Balaban J connectivity index is 1.77. The van der Waals surface area contributed by atoms with E-state index < -0.39 is 0 Å². The molecule has 1 saturated heterocycles. The molecule has 0 aromatic heterocycles. The molecule has 0 unspecified atom stereocenters. The maximum Gasteiger partial charge on any atom is 0.290 e. The zero-order valence-corrected chi connectivity index (χ0v) is 14.7. The van der Waals surface area contributed by atoms with E-state index in [1.807, 2.05) is 31.2 Å². The first-order valence-electron chi connectivity index (χ1n) is 7.66. The van der Waals surface area contributed by atoms with Crippen molar-refractivity contribution in [1.29, 1.82) is 0 Å². The zero-order chi connectivity index (χ0) is 17.8. The van der Waals surface area contributed by atoms with Crippen LogP contribution in [-0.2, 0) is 11.4 Å². The number of thioether (sulfide) groups is 1. The fraction of sp³-hybridized carbons (Fsp3) is 0.158. The molecule has 0 saturated carbocycles. The molecule has 3 rings (SSSR count). The van der Waals surface area contributed by atoms with E-state index in [4.69, 9.17) is 9.47 Å². The lowest BCUT2D eigenvalue weighted by Gasteiger charge is -2.12.